The van der Waals surface area contributed by atoms with Gasteiger partial charge < -0.3 is 20.3 Å². The molecule has 0 aromatic heterocycles. The Balaban J connectivity index is 2.05. The zero-order valence-electron chi connectivity index (χ0n) is 12.4. The molecular weight excluding hydrogens is 286 g/mol. The van der Waals surface area contributed by atoms with Crippen molar-refractivity contribution in [1.29, 1.82) is 0 Å². The molecule has 1 aliphatic rings. The molecule has 114 valence electrons. The van der Waals surface area contributed by atoms with Crippen molar-refractivity contribution in [3.05, 3.63) is 29.8 Å². The van der Waals surface area contributed by atoms with E-state index in [0.29, 0.717) is 31.3 Å². The Labute approximate surface area is 130 Å². The Morgan fingerprint density at radius 1 is 1.33 bits per heavy atom. The molecule has 21 heavy (non-hydrogen) atoms. The minimum absolute atomic E-state index is 0.124. The normalized spacial score (nSPS) is 16.4. The van der Waals surface area contributed by atoms with Gasteiger partial charge >= 0.3 is 0 Å². The molecule has 1 unspecified atom stereocenters. The predicted molar refractivity (Wildman–Crippen MR) is 87.6 cm³/mol. The van der Waals surface area contributed by atoms with Gasteiger partial charge in [-0.2, -0.15) is 0 Å². The fourth-order valence-electron chi connectivity index (χ4n) is 2.30. The maximum absolute atomic E-state index is 12.5. The van der Waals surface area contributed by atoms with Gasteiger partial charge in [0.1, 0.15) is 11.0 Å². The number of amides is 1. The second-order valence-corrected chi connectivity index (χ2v) is 5.58. The maximum atomic E-state index is 12.5. The van der Waals surface area contributed by atoms with Crippen molar-refractivity contribution in [2.75, 3.05) is 38.3 Å². The first-order chi connectivity index (χ1) is 10.0. The Kier molecular flexibility index (Phi) is 5.14. The molecule has 0 radical (unpaired) electrons. The summed E-state index contributed by atoms with van der Waals surface area (Å²) in [5, 5.41) is 0. The zero-order valence-corrected chi connectivity index (χ0v) is 13.2. The monoisotopic (exact) mass is 307 g/mol. The third kappa shape index (κ3) is 3.71. The first kappa shape index (κ1) is 15.7. The Morgan fingerprint density at radius 3 is 2.43 bits per heavy atom. The summed E-state index contributed by atoms with van der Waals surface area (Å²) in [5.41, 5.74) is 7.38. The van der Waals surface area contributed by atoms with Gasteiger partial charge in [0.05, 0.1) is 13.2 Å². The molecule has 1 saturated heterocycles. The van der Waals surface area contributed by atoms with Crippen molar-refractivity contribution in [2.24, 2.45) is 5.73 Å². The van der Waals surface area contributed by atoms with E-state index in [9.17, 15) is 4.79 Å². The van der Waals surface area contributed by atoms with Crippen LogP contribution in [0, 0.1) is 0 Å². The van der Waals surface area contributed by atoms with Gasteiger partial charge in [-0.1, -0.05) is 12.2 Å². The molecule has 1 fully saturated rings. The molecule has 1 heterocycles. The van der Waals surface area contributed by atoms with Crippen LogP contribution in [0.1, 0.15) is 12.5 Å². The lowest BCUT2D eigenvalue weighted by molar-refractivity contribution is -0.136. The fraction of sp³-hybridized carbons (Fsp3) is 0.467. The van der Waals surface area contributed by atoms with Crippen LogP contribution in [0.25, 0.3) is 0 Å². The summed E-state index contributed by atoms with van der Waals surface area (Å²) in [6.07, 6.45) is 0. The lowest BCUT2D eigenvalue weighted by Gasteiger charge is -2.33. The van der Waals surface area contributed by atoms with Crippen LogP contribution < -0.4 is 10.6 Å². The first-order valence-electron chi connectivity index (χ1n) is 7.00. The van der Waals surface area contributed by atoms with E-state index in [1.807, 2.05) is 48.0 Å². The summed E-state index contributed by atoms with van der Waals surface area (Å²) in [4.78, 5) is 16.7. The fourth-order valence-corrected chi connectivity index (χ4v) is 2.43. The maximum Gasteiger partial charge on any atom is 0.245 e. The summed E-state index contributed by atoms with van der Waals surface area (Å²) in [5.74, 6) is 0.124. The zero-order chi connectivity index (χ0) is 15.4. The van der Waals surface area contributed by atoms with Crippen molar-refractivity contribution in [3.8, 4) is 0 Å². The predicted octanol–water partition coefficient (Wildman–Crippen LogP) is 1.00. The molecule has 0 aliphatic carbocycles. The minimum Gasteiger partial charge on any atom is -0.389 e. The Bertz CT molecular complexity index is 512. The average Bonchev–Trinajstić information content (AvgIpc) is 2.53. The minimum atomic E-state index is -0.223. The molecule has 2 N–H and O–H groups in total. The SMILES string of the molecule is CC(C(=O)N1CCOCC1)N(C)c1ccc(C(N)=S)cc1. The average molecular weight is 307 g/mol. The number of hydrogen-bond acceptors (Lipinski definition) is 4. The Morgan fingerprint density at radius 2 is 1.90 bits per heavy atom. The molecular formula is C15H21N3O2S. The van der Waals surface area contributed by atoms with Gasteiger partial charge in [-0.05, 0) is 31.2 Å². The smallest absolute Gasteiger partial charge is 0.245 e. The molecule has 1 aromatic carbocycles. The highest BCUT2D eigenvalue weighted by Gasteiger charge is 2.25. The van der Waals surface area contributed by atoms with Crippen LogP contribution >= 0.6 is 12.2 Å². The summed E-state index contributed by atoms with van der Waals surface area (Å²) in [6, 6.07) is 7.38. The number of hydrogen-bond donors (Lipinski definition) is 1. The van der Waals surface area contributed by atoms with E-state index in [-0.39, 0.29) is 11.9 Å². The molecule has 0 saturated carbocycles. The first-order valence-corrected chi connectivity index (χ1v) is 7.40. The van der Waals surface area contributed by atoms with Crippen molar-refractivity contribution in [2.45, 2.75) is 13.0 Å². The summed E-state index contributed by atoms with van der Waals surface area (Å²) in [6.45, 7) is 4.48. The lowest BCUT2D eigenvalue weighted by atomic mass is 10.1. The molecule has 1 atom stereocenters. The number of likely N-dealkylation sites (N-methyl/N-ethyl adjacent to an activating group) is 1. The number of carbonyl (C=O) groups is 1. The van der Waals surface area contributed by atoms with Gasteiger partial charge in [-0.3, -0.25) is 4.79 Å². The van der Waals surface area contributed by atoms with Crippen LogP contribution in [0.3, 0.4) is 0 Å². The number of morpholine rings is 1. The number of anilines is 1. The molecule has 1 aliphatic heterocycles. The molecule has 0 bridgehead atoms. The molecule has 1 amide bonds. The standard InChI is InChI=1S/C15H21N3O2S/c1-11(15(19)18-7-9-20-10-8-18)17(2)13-5-3-12(4-6-13)14(16)21/h3-6,11H,7-10H2,1-2H3,(H2,16,21). The van der Waals surface area contributed by atoms with Gasteiger partial charge in [0.25, 0.3) is 0 Å². The van der Waals surface area contributed by atoms with Crippen molar-refractivity contribution in [1.82, 2.24) is 4.90 Å². The molecule has 0 spiro atoms. The summed E-state index contributed by atoms with van der Waals surface area (Å²) < 4.78 is 5.28. The largest absolute Gasteiger partial charge is 0.389 e. The number of thiocarbonyl (C=S) groups is 1. The van der Waals surface area contributed by atoms with Gasteiger partial charge in [0.2, 0.25) is 5.91 Å². The van der Waals surface area contributed by atoms with E-state index < -0.39 is 0 Å². The second kappa shape index (κ2) is 6.87. The van der Waals surface area contributed by atoms with E-state index in [1.165, 1.54) is 0 Å². The van der Waals surface area contributed by atoms with Crippen LogP contribution in [-0.2, 0) is 9.53 Å². The van der Waals surface area contributed by atoms with Gasteiger partial charge in [0, 0.05) is 31.4 Å². The van der Waals surface area contributed by atoms with Gasteiger partial charge in [-0.25, -0.2) is 0 Å². The van der Waals surface area contributed by atoms with Crippen LogP contribution in [0.5, 0.6) is 0 Å². The van der Waals surface area contributed by atoms with Crippen molar-refractivity contribution in [3.63, 3.8) is 0 Å². The summed E-state index contributed by atoms with van der Waals surface area (Å²) in [7, 11) is 1.92. The molecule has 6 heteroatoms. The lowest BCUT2D eigenvalue weighted by Crippen LogP contribution is -2.49. The number of nitrogens with zero attached hydrogens (tertiary/aromatic N) is 2. The highest BCUT2D eigenvalue weighted by molar-refractivity contribution is 7.80. The van der Waals surface area contributed by atoms with E-state index in [0.717, 1.165) is 11.3 Å². The van der Waals surface area contributed by atoms with Crippen LogP contribution in [0.15, 0.2) is 24.3 Å². The van der Waals surface area contributed by atoms with Crippen LogP contribution in [-0.4, -0.2) is 55.2 Å². The van der Waals surface area contributed by atoms with E-state index in [2.05, 4.69) is 0 Å². The molecule has 5 nitrogen and oxygen atoms in total. The summed E-state index contributed by atoms with van der Waals surface area (Å²) >= 11 is 4.94. The van der Waals surface area contributed by atoms with E-state index in [4.69, 9.17) is 22.7 Å². The number of nitrogens with two attached hydrogens (primary N) is 1. The number of carbonyl (C=O) groups excluding carboxylic acids is 1. The van der Waals surface area contributed by atoms with E-state index in [1.54, 1.807) is 0 Å². The topological polar surface area (TPSA) is 58.8 Å². The quantitative estimate of drug-likeness (QED) is 0.841. The molecule has 2 rings (SSSR count). The number of ether oxygens (including phenoxy) is 1. The molecule has 1 aromatic rings. The third-order valence-electron chi connectivity index (χ3n) is 3.82. The van der Waals surface area contributed by atoms with Crippen molar-refractivity contribution >= 4 is 28.8 Å². The second-order valence-electron chi connectivity index (χ2n) is 5.14. The highest BCUT2D eigenvalue weighted by Crippen LogP contribution is 2.17. The van der Waals surface area contributed by atoms with E-state index >= 15 is 0 Å². The Hall–Kier alpha value is -1.66. The third-order valence-corrected chi connectivity index (χ3v) is 4.06. The van der Waals surface area contributed by atoms with Crippen molar-refractivity contribution < 1.29 is 9.53 Å². The van der Waals surface area contributed by atoms with Gasteiger partial charge in [0.15, 0.2) is 0 Å². The van der Waals surface area contributed by atoms with Crippen LogP contribution in [0.4, 0.5) is 5.69 Å². The highest BCUT2D eigenvalue weighted by atomic mass is 32.1. The number of rotatable bonds is 4. The van der Waals surface area contributed by atoms with Crippen LogP contribution in [0.2, 0.25) is 0 Å². The number of benzene rings is 1. The van der Waals surface area contributed by atoms with Gasteiger partial charge in [-0.15, -0.1) is 0 Å².